The van der Waals surface area contributed by atoms with Crippen molar-refractivity contribution in [2.24, 2.45) is 5.92 Å². The summed E-state index contributed by atoms with van der Waals surface area (Å²) in [4.78, 5) is 8.58. The van der Waals surface area contributed by atoms with Gasteiger partial charge in [-0.05, 0) is 44.7 Å². The van der Waals surface area contributed by atoms with Crippen molar-refractivity contribution in [3.05, 3.63) is 66.5 Å². The van der Waals surface area contributed by atoms with Crippen LogP contribution in [0, 0.1) is 5.92 Å². The van der Waals surface area contributed by atoms with Gasteiger partial charge in [0.1, 0.15) is 5.82 Å². The van der Waals surface area contributed by atoms with E-state index in [0.717, 1.165) is 29.6 Å². The van der Waals surface area contributed by atoms with Gasteiger partial charge in [0.15, 0.2) is 0 Å². The van der Waals surface area contributed by atoms with Crippen LogP contribution in [0.3, 0.4) is 0 Å². The molecule has 1 aliphatic heterocycles. The lowest BCUT2D eigenvalue weighted by molar-refractivity contribution is 0.346. The number of imidazole rings is 1. The maximum atomic E-state index is 4.97. The maximum Gasteiger partial charge on any atom is 0.107 e. The van der Waals surface area contributed by atoms with E-state index in [1.165, 1.54) is 49.9 Å². The minimum atomic E-state index is 0.883. The van der Waals surface area contributed by atoms with Crippen LogP contribution >= 0.6 is 0 Å². The van der Waals surface area contributed by atoms with Crippen molar-refractivity contribution < 1.29 is 0 Å². The molecule has 0 unspecified atom stereocenters. The van der Waals surface area contributed by atoms with Crippen LogP contribution in [0.25, 0.3) is 22.5 Å². The average Bonchev–Trinajstić information content (AvgIpc) is 3.14. The van der Waals surface area contributed by atoms with Crippen LogP contribution in [-0.2, 0) is 6.42 Å². The highest BCUT2D eigenvalue weighted by Gasteiger charge is 2.15. The molecule has 1 aromatic heterocycles. The molecule has 134 valence electrons. The van der Waals surface area contributed by atoms with E-state index in [-0.39, 0.29) is 0 Å². The van der Waals surface area contributed by atoms with Crippen LogP contribution in [0.1, 0.15) is 31.5 Å². The van der Waals surface area contributed by atoms with Crippen molar-refractivity contribution in [2.75, 3.05) is 13.1 Å². The second kappa shape index (κ2) is 8.33. The Kier molecular flexibility index (Phi) is 5.46. The third-order valence-corrected chi connectivity index (χ3v) is 5.35. The number of nitrogens with zero attached hydrogens (tertiary/aromatic N) is 1. The smallest absolute Gasteiger partial charge is 0.107 e. The lowest BCUT2D eigenvalue weighted by Crippen LogP contribution is -2.27. The second-order valence-corrected chi connectivity index (χ2v) is 7.22. The van der Waals surface area contributed by atoms with Gasteiger partial charge in [-0.25, -0.2) is 4.98 Å². The van der Waals surface area contributed by atoms with Crippen LogP contribution in [-0.4, -0.2) is 23.1 Å². The number of aromatic amines is 1. The van der Waals surface area contributed by atoms with Crippen molar-refractivity contribution >= 4 is 0 Å². The Morgan fingerprint density at radius 3 is 2.19 bits per heavy atom. The molecule has 0 saturated carbocycles. The lowest BCUT2D eigenvalue weighted by Gasteiger charge is -2.22. The average molecular weight is 345 g/mol. The van der Waals surface area contributed by atoms with Gasteiger partial charge in [-0.1, -0.05) is 60.7 Å². The van der Waals surface area contributed by atoms with Gasteiger partial charge in [-0.3, -0.25) is 0 Å². The van der Waals surface area contributed by atoms with Gasteiger partial charge in [0.25, 0.3) is 0 Å². The number of H-pyrrole nitrogens is 1. The normalized spacial score (nSPS) is 15.2. The molecule has 1 aliphatic rings. The number of aromatic nitrogens is 2. The molecule has 0 bridgehead atoms. The van der Waals surface area contributed by atoms with E-state index in [4.69, 9.17) is 4.98 Å². The van der Waals surface area contributed by atoms with E-state index in [1.807, 2.05) is 0 Å². The number of hydrogen-bond donors (Lipinski definition) is 2. The third kappa shape index (κ3) is 4.05. The molecule has 0 atom stereocenters. The molecule has 0 amide bonds. The Bertz CT molecular complexity index is 745. The Morgan fingerprint density at radius 1 is 0.846 bits per heavy atom. The predicted molar refractivity (Wildman–Crippen MR) is 108 cm³/mol. The SMILES string of the molecule is c1ccc(-c2nc(CCCC3CCNCC3)[nH]c2-c2ccccc2)cc1. The molecule has 2 N–H and O–H groups in total. The van der Waals surface area contributed by atoms with E-state index in [2.05, 4.69) is 71.0 Å². The van der Waals surface area contributed by atoms with E-state index in [1.54, 1.807) is 0 Å². The Morgan fingerprint density at radius 2 is 1.50 bits per heavy atom. The molecule has 3 aromatic rings. The number of rotatable bonds is 6. The number of benzene rings is 2. The molecule has 3 heteroatoms. The Balaban J connectivity index is 1.53. The molecule has 0 spiro atoms. The van der Waals surface area contributed by atoms with E-state index >= 15 is 0 Å². The molecular formula is C23H27N3. The summed E-state index contributed by atoms with van der Waals surface area (Å²) in [6.07, 6.45) is 6.19. The molecule has 2 aromatic carbocycles. The highest BCUT2D eigenvalue weighted by Crippen LogP contribution is 2.30. The summed E-state index contributed by atoms with van der Waals surface area (Å²) >= 11 is 0. The minimum absolute atomic E-state index is 0.883. The quantitative estimate of drug-likeness (QED) is 0.655. The van der Waals surface area contributed by atoms with Crippen molar-refractivity contribution in [3.8, 4) is 22.5 Å². The zero-order chi connectivity index (χ0) is 17.6. The fourth-order valence-corrected chi connectivity index (χ4v) is 3.89. The summed E-state index contributed by atoms with van der Waals surface area (Å²) < 4.78 is 0. The summed E-state index contributed by atoms with van der Waals surface area (Å²) in [6, 6.07) is 21.0. The molecule has 1 saturated heterocycles. The van der Waals surface area contributed by atoms with Gasteiger partial charge in [-0.15, -0.1) is 0 Å². The summed E-state index contributed by atoms with van der Waals surface area (Å²) in [5.41, 5.74) is 4.57. The molecule has 1 fully saturated rings. The van der Waals surface area contributed by atoms with Crippen molar-refractivity contribution in [1.82, 2.24) is 15.3 Å². The first-order valence-corrected chi connectivity index (χ1v) is 9.80. The van der Waals surface area contributed by atoms with Crippen molar-refractivity contribution in [3.63, 3.8) is 0 Å². The van der Waals surface area contributed by atoms with E-state index in [9.17, 15) is 0 Å². The molecule has 4 rings (SSSR count). The van der Waals surface area contributed by atoms with Gasteiger partial charge in [-0.2, -0.15) is 0 Å². The standard InChI is InChI=1S/C23H27N3/c1-3-9-19(10-4-1)22-23(20-11-5-2-6-12-20)26-21(25-22)13-7-8-18-14-16-24-17-15-18/h1-6,9-12,18,24H,7-8,13-17H2,(H,25,26). The molecule has 2 heterocycles. The van der Waals surface area contributed by atoms with Gasteiger partial charge in [0.2, 0.25) is 0 Å². The van der Waals surface area contributed by atoms with Crippen LogP contribution in [0.15, 0.2) is 60.7 Å². The first kappa shape index (κ1) is 17.0. The first-order valence-electron chi connectivity index (χ1n) is 9.80. The minimum Gasteiger partial charge on any atom is -0.341 e. The van der Waals surface area contributed by atoms with Crippen molar-refractivity contribution in [2.45, 2.75) is 32.1 Å². The fourth-order valence-electron chi connectivity index (χ4n) is 3.89. The van der Waals surface area contributed by atoms with Crippen LogP contribution < -0.4 is 5.32 Å². The number of nitrogens with one attached hydrogen (secondary N) is 2. The number of hydrogen-bond acceptors (Lipinski definition) is 2. The summed E-state index contributed by atoms with van der Waals surface area (Å²) in [5.74, 6) is 1.99. The van der Waals surface area contributed by atoms with E-state index in [0.29, 0.717) is 0 Å². The Hall–Kier alpha value is -2.39. The van der Waals surface area contributed by atoms with Gasteiger partial charge >= 0.3 is 0 Å². The van der Waals surface area contributed by atoms with Crippen molar-refractivity contribution in [1.29, 1.82) is 0 Å². The fraction of sp³-hybridized carbons (Fsp3) is 0.348. The lowest BCUT2D eigenvalue weighted by atomic mass is 9.92. The van der Waals surface area contributed by atoms with Crippen LogP contribution in [0.2, 0.25) is 0 Å². The van der Waals surface area contributed by atoms with Gasteiger partial charge in [0.05, 0.1) is 11.4 Å². The number of piperidine rings is 1. The zero-order valence-corrected chi connectivity index (χ0v) is 15.2. The second-order valence-electron chi connectivity index (χ2n) is 7.22. The molecule has 0 aliphatic carbocycles. The van der Waals surface area contributed by atoms with Gasteiger partial charge in [0, 0.05) is 17.5 Å². The molecular weight excluding hydrogens is 318 g/mol. The summed E-state index contributed by atoms with van der Waals surface area (Å²) in [5, 5.41) is 3.45. The van der Waals surface area contributed by atoms with E-state index < -0.39 is 0 Å². The van der Waals surface area contributed by atoms with Gasteiger partial charge < -0.3 is 10.3 Å². The predicted octanol–water partition coefficient (Wildman–Crippen LogP) is 5.07. The topological polar surface area (TPSA) is 40.7 Å². The third-order valence-electron chi connectivity index (χ3n) is 5.35. The van der Waals surface area contributed by atoms with Crippen LogP contribution in [0.5, 0.6) is 0 Å². The Labute approximate surface area is 155 Å². The van der Waals surface area contributed by atoms with Crippen LogP contribution in [0.4, 0.5) is 0 Å². The first-order chi connectivity index (χ1) is 12.9. The monoisotopic (exact) mass is 345 g/mol. The largest absolute Gasteiger partial charge is 0.341 e. The maximum absolute atomic E-state index is 4.97. The summed E-state index contributed by atoms with van der Waals surface area (Å²) in [6.45, 7) is 2.36. The highest BCUT2D eigenvalue weighted by atomic mass is 14.9. The molecule has 0 radical (unpaired) electrons. The number of aryl methyl sites for hydroxylation is 1. The zero-order valence-electron chi connectivity index (χ0n) is 15.2. The summed E-state index contributed by atoms with van der Waals surface area (Å²) in [7, 11) is 0. The highest BCUT2D eigenvalue weighted by molar-refractivity contribution is 5.78. The molecule has 26 heavy (non-hydrogen) atoms. The molecule has 3 nitrogen and oxygen atoms in total.